The van der Waals surface area contributed by atoms with Crippen molar-refractivity contribution in [2.75, 3.05) is 13.1 Å². The number of aryl methyl sites for hydroxylation is 1. The fourth-order valence-electron chi connectivity index (χ4n) is 3.55. The summed E-state index contributed by atoms with van der Waals surface area (Å²) in [5.41, 5.74) is 4.07. The molecule has 4 rings (SSSR count). The largest absolute Gasteiger partial charge is 0.341 e. The van der Waals surface area contributed by atoms with E-state index in [2.05, 4.69) is 24.8 Å². The maximum absolute atomic E-state index is 13.0. The molecule has 26 heavy (non-hydrogen) atoms. The fourth-order valence-corrected chi connectivity index (χ4v) is 3.55. The third kappa shape index (κ3) is 3.96. The van der Waals surface area contributed by atoms with E-state index in [0.29, 0.717) is 5.92 Å². The Morgan fingerprint density at radius 2 is 2.04 bits per heavy atom. The maximum atomic E-state index is 13.0. The van der Waals surface area contributed by atoms with Crippen LogP contribution < -0.4 is 0 Å². The Morgan fingerprint density at radius 1 is 1.19 bits per heavy atom. The third-order valence-corrected chi connectivity index (χ3v) is 4.86. The van der Waals surface area contributed by atoms with E-state index in [1.165, 1.54) is 12.1 Å². The molecule has 0 aliphatic carbocycles. The summed E-state index contributed by atoms with van der Waals surface area (Å²) in [6.45, 7) is 4.96. The summed E-state index contributed by atoms with van der Waals surface area (Å²) in [6.07, 6.45) is 5.52. The summed E-state index contributed by atoms with van der Waals surface area (Å²) in [6, 6.07) is 8.82. The van der Waals surface area contributed by atoms with Gasteiger partial charge >= 0.3 is 0 Å². The number of likely N-dealkylation sites (tertiary alicyclic amines) is 1. The van der Waals surface area contributed by atoms with Gasteiger partial charge < -0.3 is 4.98 Å². The summed E-state index contributed by atoms with van der Waals surface area (Å²) < 4.78 is 13.0. The second-order valence-corrected chi connectivity index (χ2v) is 7.03. The molecule has 0 saturated carbocycles. The number of aromatic nitrogens is 4. The molecular formula is C20H22FN5. The van der Waals surface area contributed by atoms with Gasteiger partial charge in [-0.15, -0.1) is 0 Å². The van der Waals surface area contributed by atoms with Crippen LogP contribution in [0.3, 0.4) is 0 Å². The second-order valence-electron chi connectivity index (χ2n) is 7.03. The number of nitrogens with one attached hydrogen (secondary N) is 1. The van der Waals surface area contributed by atoms with Crippen LogP contribution >= 0.6 is 0 Å². The van der Waals surface area contributed by atoms with E-state index in [1.54, 1.807) is 12.5 Å². The number of hydrogen-bond acceptors (Lipinski definition) is 4. The Hall–Kier alpha value is -2.60. The lowest BCUT2D eigenvalue weighted by Gasteiger charge is -2.16. The van der Waals surface area contributed by atoms with Crippen LogP contribution in [0, 0.1) is 18.7 Å². The van der Waals surface area contributed by atoms with Crippen LogP contribution in [0.15, 0.2) is 42.9 Å². The first kappa shape index (κ1) is 16.8. The van der Waals surface area contributed by atoms with Crippen LogP contribution in [-0.2, 0) is 13.0 Å². The molecule has 1 saturated heterocycles. The highest BCUT2D eigenvalue weighted by atomic mass is 19.1. The molecular weight excluding hydrogens is 329 g/mol. The zero-order valence-electron chi connectivity index (χ0n) is 14.8. The molecule has 1 fully saturated rings. The zero-order chi connectivity index (χ0) is 17.9. The predicted octanol–water partition coefficient (Wildman–Crippen LogP) is 3.38. The van der Waals surface area contributed by atoms with Gasteiger partial charge in [0.2, 0.25) is 0 Å². The van der Waals surface area contributed by atoms with Gasteiger partial charge in [0.25, 0.3) is 0 Å². The first-order valence-electron chi connectivity index (χ1n) is 8.95. The minimum atomic E-state index is -0.181. The molecule has 0 spiro atoms. The Kier molecular flexibility index (Phi) is 4.75. The molecule has 1 unspecified atom stereocenters. The zero-order valence-corrected chi connectivity index (χ0v) is 14.8. The summed E-state index contributed by atoms with van der Waals surface area (Å²) in [5.74, 6) is 1.19. The fraction of sp³-hybridized carbons (Fsp3) is 0.350. The van der Waals surface area contributed by atoms with Crippen molar-refractivity contribution in [2.24, 2.45) is 5.92 Å². The van der Waals surface area contributed by atoms with Gasteiger partial charge in [-0.3, -0.25) is 4.90 Å². The number of H-pyrrole nitrogens is 1. The first-order valence-corrected chi connectivity index (χ1v) is 8.95. The number of nitrogens with zero attached hydrogens (tertiary/aromatic N) is 4. The number of aromatic amines is 1. The summed E-state index contributed by atoms with van der Waals surface area (Å²) in [4.78, 5) is 18.8. The highest BCUT2D eigenvalue weighted by Gasteiger charge is 2.23. The van der Waals surface area contributed by atoms with E-state index in [-0.39, 0.29) is 5.82 Å². The van der Waals surface area contributed by atoms with Crippen molar-refractivity contribution >= 4 is 0 Å². The summed E-state index contributed by atoms with van der Waals surface area (Å²) in [5, 5.41) is 0. The van der Waals surface area contributed by atoms with Crippen molar-refractivity contribution in [3.8, 4) is 11.5 Å². The quantitative estimate of drug-likeness (QED) is 0.766. The normalized spacial score (nSPS) is 17.7. The lowest BCUT2D eigenvalue weighted by Crippen LogP contribution is -2.20. The average Bonchev–Trinajstić information content (AvgIpc) is 3.26. The average molecular weight is 351 g/mol. The van der Waals surface area contributed by atoms with Crippen LogP contribution in [-0.4, -0.2) is 37.9 Å². The van der Waals surface area contributed by atoms with Gasteiger partial charge in [0.05, 0.1) is 0 Å². The van der Waals surface area contributed by atoms with Crippen LogP contribution in [0.5, 0.6) is 0 Å². The molecule has 1 N–H and O–H groups in total. The lowest BCUT2D eigenvalue weighted by atomic mass is 10.0. The van der Waals surface area contributed by atoms with Crippen molar-refractivity contribution in [3.63, 3.8) is 0 Å². The molecule has 0 bridgehead atoms. The molecule has 6 heteroatoms. The predicted molar refractivity (Wildman–Crippen MR) is 97.8 cm³/mol. The van der Waals surface area contributed by atoms with Crippen LogP contribution in [0.4, 0.5) is 4.39 Å². The highest BCUT2D eigenvalue weighted by molar-refractivity contribution is 5.49. The molecule has 1 aromatic carbocycles. The van der Waals surface area contributed by atoms with Gasteiger partial charge in [-0.25, -0.2) is 19.3 Å². The second kappa shape index (κ2) is 7.33. The topological polar surface area (TPSA) is 57.7 Å². The van der Waals surface area contributed by atoms with Crippen molar-refractivity contribution in [2.45, 2.75) is 26.3 Å². The maximum Gasteiger partial charge on any atom is 0.156 e. The molecule has 1 aliphatic heterocycles. The van der Waals surface area contributed by atoms with E-state index in [4.69, 9.17) is 0 Å². The van der Waals surface area contributed by atoms with Crippen LogP contribution in [0.1, 0.15) is 23.4 Å². The number of imidazole rings is 1. The molecule has 1 atom stereocenters. The summed E-state index contributed by atoms with van der Waals surface area (Å²) >= 11 is 0. The monoisotopic (exact) mass is 351 g/mol. The van der Waals surface area contributed by atoms with Crippen LogP contribution in [0.2, 0.25) is 0 Å². The van der Waals surface area contributed by atoms with Gasteiger partial charge in [0, 0.05) is 30.7 Å². The minimum absolute atomic E-state index is 0.181. The Labute approximate surface area is 152 Å². The molecule has 2 aromatic heterocycles. The van der Waals surface area contributed by atoms with Crippen molar-refractivity contribution in [3.05, 3.63) is 65.6 Å². The lowest BCUT2D eigenvalue weighted by molar-refractivity contribution is 0.316. The Balaban J connectivity index is 1.37. The van der Waals surface area contributed by atoms with E-state index in [9.17, 15) is 4.39 Å². The molecule has 3 aromatic rings. The van der Waals surface area contributed by atoms with Gasteiger partial charge in [-0.05, 0) is 56.0 Å². The van der Waals surface area contributed by atoms with E-state index < -0.39 is 0 Å². The van der Waals surface area contributed by atoms with Gasteiger partial charge in [0.15, 0.2) is 5.82 Å². The number of halogens is 1. The van der Waals surface area contributed by atoms with Gasteiger partial charge in [-0.2, -0.15) is 0 Å². The smallest absolute Gasteiger partial charge is 0.156 e. The van der Waals surface area contributed by atoms with E-state index in [1.807, 2.05) is 25.1 Å². The molecule has 0 amide bonds. The van der Waals surface area contributed by atoms with Crippen molar-refractivity contribution < 1.29 is 4.39 Å². The van der Waals surface area contributed by atoms with Crippen molar-refractivity contribution in [1.29, 1.82) is 0 Å². The minimum Gasteiger partial charge on any atom is -0.341 e. The van der Waals surface area contributed by atoms with Gasteiger partial charge in [0.1, 0.15) is 17.8 Å². The molecule has 3 heterocycles. The summed E-state index contributed by atoms with van der Waals surface area (Å²) in [7, 11) is 0. The third-order valence-electron chi connectivity index (χ3n) is 4.86. The molecule has 134 valence electrons. The molecule has 5 nitrogen and oxygen atoms in total. The highest BCUT2D eigenvalue weighted by Crippen LogP contribution is 2.23. The standard InChI is InChI=1S/C20H22FN5/c1-14-10-22-20(25-14)19-9-18(23-13-24-19)8-16-6-7-26(12-16)11-15-2-4-17(21)5-3-15/h2-5,9-10,13,16H,6-8,11-12H2,1H3,(H,22,25). The molecule has 1 aliphatic rings. The Bertz CT molecular complexity index is 874. The Morgan fingerprint density at radius 3 is 2.81 bits per heavy atom. The van der Waals surface area contributed by atoms with Crippen molar-refractivity contribution in [1.82, 2.24) is 24.8 Å². The number of hydrogen-bond donors (Lipinski definition) is 1. The number of rotatable bonds is 5. The SMILES string of the molecule is Cc1cnc(-c2cc(CC3CCN(Cc4ccc(F)cc4)C3)ncn2)[nH]1. The van der Waals surface area contributed by atoms with E-state index in [0.717, 1.165) is 60.9 Å². The molecule has 0 radical (unpaired) electrons. The van der Waals surface area contributed by atoms with Gasteiger partial charge in [-0.1, -0.05) is 12.1 Å². The van der Waals surface area contributed by atoms with E-state index >= 15 is 0 Å². The number of benzene rings is 1. The van der Waals surface area contributed by atoms with Crippen LogP contribution in [0.25, 0.3) is 11.5 Å². The first-order chi connectivity index (χ1) is 12.7.